The summed E-state index contributed by atoms with van der Waals surface area (Å²) in [7, 11) is 5.49. The van der Waals surface area contributed by atoms with Crippen LogP contribution in [0.25, 0.3) is 0 Å². The summed E-state index contributed by atoms with van der Waals surface area (Å²) in [6, 6.07) is -0.639. The van der Waals surface area contributed by atoms with Gasteiger partial charge in [-0.2, -0.15) is 0 Å². The van der Waals surface area contributed by atoms with Crippen LogP contribution in [-0.2, 0) is 28.6 Å². The number of esters is 2. The molecule has 0 saturated carbocycles. The lowest BCUT2D eigenvalue weighted by atomic mass is 10.1. The molecule has 0 spiro atoms. The van der Waals surface area contributed by atoms with E-state index in [1.807, 2.05) is 21.1 Å². The van der Waals surface area contributed by atoms with Crippen LogP contribution >= 0.6 is 0 Å². The fraction of sp³-hybridized carbons (Fsp3) is 0.542. The first-order chi connectivity index (χ1) is 32.6. The van der Waals surface area contributed by atoms with Crippen LogP contribution < -0.4 is 0 Å². The number of hydrogen-bond donors (Lipinski definition) is 1. The molecule has 0 rings (SSSR count). The number of likely N-dealkylation sites (N-methyl/N-ethyl adjacent to an activating group) is 1. The smallest absolute Gasteiger partial charge is 0.362 e. The molecular weight excluding hydrogens is 835 g/mol. The number of aliphatic carboxylic acids is 1. The molecule has 1 N–H and O–H groups in total. The summed E-state index contributed by atoms with van der Waals surface area (Å²) in [5, 5.41) is 9.66. The third kappa shape index (κ3) is 46.1. The zero-order chi connectivity index (χ0) is 49.2. The average molecular weight is 927 g/mol. The lowest BCUT2D eigenvalue weighted by Crippen LogP contribution is -2.50. The van der Waals surface area contributed by atoms with Crippen molar-refractivity contribution in [1.29, 1.82) is 0 Å². The molecule has 8 nitrogen and oxygen atoms in total. The number of carboxylic acids is 1. The van der Waals surface area contributed by atoms with Crippen molar-refractivity contribution in [2.45, 2.75) is 167 Å². The third-order valence-corrected chi connectivity index (χ3v) is 10.2. The van der Waals surface area contributed by atoms with Gasteiger partial charge >= 0.3 is 17.9 Å². The van der Waals surface area contributed by atoms with Crippen LogP contribution in [-0.4, -0.2) is 80.6 Å². The van der Waals surface area contributed by atoms with Crippen molar-refractivity contribution in [2.75, 3.05) is 41.0 Å². The summed E-state index contributed by atoms with van der Waals surface area (Å²) < 4.78 is 17.2. The van der Waals surface area contributed by atoms with E-state index in [-0.39, 0.29) is 49.1 Å². The average Bonchev–Trinajstić information content (AvgIpc) is 3.29. The minimum Gasteiger partial charge on any atom is -0.477 e. The van der Waals surface area contributed by atoms with Gasteiger partial charge in [-0.15, -0.1) is 0 Å². The molecule has 0 saturated heterocycles. The highest BCUT2D eigenvalue weighted by molar-refractivity contribution is 5.72. The number of hydrogen-bond acceptors (Lipinski definition) is 6. The second-order valence-corrected chi connectivity index (χ2v) is 17.3. The molecule has 374 valence electrons. The lowest BCUT2D eigenvalue weighted by molar-refractivity contribution is -0.887. The van der Waals surface area contributed by atoms with Gasteiger partial charge in [-0.05, 0) is 109 Å². The molecule has 0 aliphatic heterocycles. The van der Waals surface area contributed by atoms with E-state index in [2.05, 4.69) is 160 Å². The van der Waals surface area contributed by atoms with Gasteiger partial charge in [0, 0.05) is 19.3 Å². The highest BCUT2D eigenvalue weighted by Gasteiger charge is 2.31. The van der Waals surface area contributed by atoms with Crippen LogP contribution in [0, 0.1) is 0 Å². The van der Waals surface area contributed by atoms with Gasteiger partial charge in [0.15, 0.2) is 12.1 Å². The molecule has 0 fully saturated rings. The molecule has 0 bridgehead atoms. The minimum absolute atomic E-state index is 0.0208. The zero-order valence-corrected chi connectivity index (χ0v) is 42.5. The predicted octanol–water partition coefficient (Wildman–Crippen LogP) is 14.9. The maximum atomic E-state index is 12.8. The largest absolute Gasteiger partial charge is 0.477 e. The normalized spacial score (nSPS) is 14.1. The Hall–Kier alpha value is -4.79. The second kappa shape index (κ2) is 47.7. The van der Waals surface area contributed by atoms with Gasteiger partial charge in [-0.25, -0.2) is 4.79 Å². The number of quaternary nitrogens is 1. The van der Waals surface area contributed by atoms with Gasteiger partial charge < -0.3 is 23.8 Å². The Morgan fingerprint density at radius 1 is 0.448 bits per heavy atom. The Labute approximate surface area is 408 Å². The molecule has 0 aliphatic carbocycles. The van der Waals surface area contributed by atoms with Crippen LogP contribution in [0.5, 0.6) is 0 Å². The van der Waals surface area contributed by atoms with Crippen molar-refractivity contribution in [3.8, 4) is 0 Å². The molecule has 0 heterocycles. The Bertz CT molecular complexity index is 1590. The Morgan fingerprint density at radius 3 is 1.19 bits per heavy atom. The number of carbonyl (C=O) groups is 3. The van der Waals surface area contributed by atoms with E-state index in [0.29, 0.717) is 19.3 Å². The second-order valence-electron chi connectivity index (χ2n) is 17.3. The van der Waals surface area contributed by atoms with Gasteiger partial charge in [-0.1, -0.05) is 173 Å². The third-order valence-electron chi connectivity index (χ3n) is 10.2. The number of ether oxygens (including phenoxy) is 3. The van der Waals surface area contributed by atoms with Gasteiger partial charge in [0.05, 0.1) is 34.4 Å². The number of carbonyl (C=O) groups excluding carboxylic acids is 2. The van der Waals surface area contributed by atoms with Crippen molar-refractivity contribution in [3.63, 3.8) is 0 Å². The van der Waals surface area contributed by atoms with Crippen LogP contribution in [0.4, 0.5) is 0 Å². The topological polar surface area (TPSA) is 99.1 Å². The standard InChI is InChI=1S/C59H91NO7/c1-6-8-10-12-14-16-18-20-22-24-26-28-29-30-32-34-36-38-40-42-44-46-48-50-58(62)67-55(53-65-52-51-56(59(63)64)60(3,4)5)54-66-57(61)49-47-45-43-41-39-37-35-33-31-27-25-23-21-19-17-15-13-11-9-7-2/h8-11,14-17,20-23,26-28,30-32,35-38,41,43,55-56H,6-7,12-13,18-19,24-25,29,33-34,39-40,42,44-54H2,1-5H3/p+1/b10-8+,11-9+,16-14+,17-15+,22-20+,23-21+,28-26+,31-27+,32-30+,37-35+,38-36+,43-41+. The minimum atomic E-state index is -0.894. The summed E-state index contributed by atoms with van der Waals surface area (Å²) in [5.74, 6) is -1.60. The first kappa shape index (κ1) is 62.2. The maximum Gasteiger partial charge on any atom is 0.362 e. The van der Waals surface area contributed by atoms with Crippen molar-refractivity contribution in [2.24, 2.45) is 0 Å². The Morgan fingerprint density at radius 2 is 0.806 bits per heavy atom. The molecule has 0 radical (unpaired) electrons. The van der Waals surface area contributed by atoms with Crippen molar-refractivity contribution >= 4 is 17.9 Å². The monoisotopic (exact) mass is 927 g/mol. The summed E-state index contributed by atoms with van der Waals surface area (Å²) in [6.45, 7) is 4.39. The molecule has 8 heteroatoms. The van der Waals surface area contributed by atoms with Gasteiger partial charge in [0.25, 0.3) is 0 Å². The maximum absolute atomic E-state index is 12.8. The van der Waals surface area contributed by atoms with Crippen molar-refractivity contribution in [1.82, 2.24) is 0 Å². The van der Waals surface area contributed by atoms with Gasteiger partial charge in [0.2, 0.25) is 0 Å². The van der Waals surface area contributed by atoms with Crippen LogP contribution in [0.15, 0.2) is 146 Å². The fourth-order valence-corrected chi connectivity index (χ4v) is 6.40. The van der Waals surface area contributed by atoms with Crippen LogP contribution in [0.3, 0.4) is 0 Å². The number of nitrogens with zero attached hydrogens (tertiary/aromatic N) is 1. The van der Waals surface area contributed by atoms with Crippen LogP contribution in [0.2, 0.25) is 0 Å². The quantitative estimate of drug-likeness (QED) is 0.0281. The van der Waals surface area contributed by atoms with E-state index in [0.717, 1.165) is 109 Å². The summed E-state index contributed by atoms with van der Waals surface area (Å²) in [5.41, 5.74) is 0. The Balaban J connectivity index is 4.46. The van der Waals surface area contributed by atoms with Gasteiger partial charge in [-0.3, -0.25) is 9.59 Å². The molecule has 67 heavy (non-hydrogen) atoms. The van der Waals surface area contributed by atoms with E-state index in [9.17, 15) is 19.5 Å². The molecule has 0 aliphatic rings. The predicted molar refractivity (Wildman–Crippen MR) is 284 cm³/mol. The van der Waals surface area contributed by atoms with E-state index in [1.54, 1.807) is 0 Å². The molecule has 2 atom stereocenters. The molecule has 0 aromatic rings. The molecule has 0 amide bonds. The number of allylic oxidation sites excluding steroid dienone is 24. The summed E-state index contributed by atoms with van der Waals surface area (Å²) in [6.07, 6.45) is 70.5. The first-order valence-electron chi connectivity index (χ1n) is 25.4. The van der Waals surface area contributed by atoms with E-state index in [1.165, 1.54) is 0 Å². The van der Waals surface area contributed by atoms with E-state index < -0.39 is 18.1 Å². The number of unbranched alkanes of at least 4 members (excludes halogenated alkanes) is 5. The summed E-state index contributed by atoms with van der Waals surface area (Å²) >= 11 is 0. The molecular formula is C59H92NO7+. The van der Waals surface area contributed by atoms with E-state index >= 15 is 0 Å². The van der Waals surface area contributed by atoms with Gasteiger partial charge in [0.1, 0.15) is 6.61 Å². The molecule has 0 aromatic heterocycles. The lowest BCUT2D eigenvalue weighted by Gasteiger charge is -2.31. The van der Waals surface area contributed by atoms with Crippen LogP contribution in [0.1, 0.15) is 155 Å². The van der Waals surface area contributed by atoms with E-state index in [4.69, 9.17) is 14.2 Å². The SMILES string of the molecule is CC/C=C/C/C=C/C/C=C/C/C=C/C/C=C/C/C=C/CCCCCCC(=O)OC(COCCC(C(=O)O)[N+](C)(C)C)COC(=O)CCC/C=C/C/C=C/C/C=C/C/C=C/C/C=C/C/C=C/CC. The first-order valence-corrected chi connectivity index (χ1v) is 25.4. The zero-order valence-electron chi connectivity index (χ0n) is 42.5. The molecule has 2 unspecified atom stereocenters. The highest BCUT2D eigenvalue weighted by atomic mass is 16.6. The van der Waals surface area contributed by atoms with Crippen molar-refractivity contribution in [3.05, 3.63) is 146 Å². The summed E-state index contributed by atoms with van der Waals surface area (Å²) in [4.78, 5) is 37.2. The molecule has 0 aromatic carbocycles. The Kier molecular flexibility index (Phi) is 44.3. The number of rotatable bonds is 43. The highest BCUT2D eigenvalue weighted by Crippen LogP contribution is 2.12. The van der Waals surface area contributed by atoms with Crippen molar-refractivity contribution < 1.29 is 38.2 Å². The fourth-order valence-electron chi connectivity index (χ4n) is 6.40. The number of carboxylic acid groups (broad SMARTS) is 1.